The van der Waals surface area contributed by atoms with E-state index in [4.69, 9.17) is 14.2 Å². The first-order valence-electron chi connectivity index (χ1n) is 11.0. The molecule has 1 aliphatic rings. The second kappa shape index (κ2) is 10.5. The summed E-state index contributed by atoms with van der Waals surface area (Å²) in [5, 5.41) is 0. The van der Waals surface area contributed by atoms with E-state index in [-0.39, 0.29) is 17.8 Å². The molecule has 6 heteroatoms. The van der Waals surface area contributed by atoms with Crippen molar-refractivity contribution in [2.75, 3.05) is 20.3 Å². The molecule has 0 N–H and O–H groups in total. The van der Waals surface area contributed by atoms with Crippen LogP contribution in [-0.2, 0) is 29.2 Å². The zero-order chi connectivity index (χ0) is 23.2. The third-order valence-electron chi connectivity index (χ3n) is 5.84. The summed E-state index contributed by atoms with van der Waals surface area (Å²) in [6.07, 6.45) is 0.320. The van der Waals surface area contributed by atoms with Crippen molar-refractivity contribution in [2.24, 2.45) is 0 Å². The van der Waals surface area contributed by atoms with Gasteiger partial charge in [-0.2, -0.15) is 0 Å². The molecule has 4 rings (SSSR count). The third-order valence-corrected chi connectivity index (χ3v) is 5.84. The number of rotatable bonds is 7. The van der Waals surface area contributed by atoms with E-state index in [1.54, 1.807) is 13.2 Å². The van der Waals surface area contributed by atoms with Gasteiger partial charge in [-0.25, -0.2) is 4.39 Å². The summed E-state index contributed by atoms with van der Waals surface area (Å²) in [7, 11) is 1.62. The maximum Gasteiger partial charge on any atom is 0.227 e. The molecule has 0 aromatic heterocycles. The second-order valence-electron chi connectivity index (χ2n) is 8.13. The molecule has 0 saturated heterocycles. The van der Waals surface area contributed by atoms with Gasteiger partial charge in [-0.05, 0) is 60.0 Å². The maximum atomic E-state index is 13.4. The number of amides is 1. The molecule has 3 aromatic rings. The summed E-state index contributed by atoms with van der Waals surface area (Å²) < 4.78 is 30.3. The van der Waals surface area contributed by atoms with E-state index in [0.717, 1.165) is 33.8 Å². The van der Waals surface area contributed by atoms with Crippen LogP contribution in [0.4, 0.5) is 4.39 Å². The molecular formula is C27H28FNO4. The predicted molar refractivity (Wildman–Crippen MR) is 124 cm³/mol. The molecule has 5 nitrogen and oxygen atoms in total. The van der Waals surface area contributed by atoms with Crippen molar-refractivity contribution >= 4 is 5.91 Å². The Bertz CT molecular complexity index is 1100. The fourth-order valence-corrected chi connectivity index (χ4v) is 4.03. The lowest BCUT2D eigenvalue weighted by atomic mass is 10.0. The average molecular weight is 450 g/mol. The molecule has 0 bridgehead atoms. The van der Waals surface area contributed by atoms with E-state index < -0.39 is 0 Å². The maximum absolute atomic E-state index is 13.4. The standard InChI is InChI=1S/C27H28FNO4/c1-19-25-15-22(18-32-17-21-4-3-5-23(28)14-21)8-11-26(25)33-13-12-29(19)27(30)16-20-6-9-24(31-2)10-7-20/h3-11,14-15,19H,12-13,16-18H2,1-2H3/t19-/m0/s1. The predicted octanol–water partition coefficient (Wildman–Crippen LogP) is 5.08. The number of ether oxygens (including phenoxy) is 3. The lowest BCUT2D eigenvalue weighted by Crippen LogP contribution is -2.36. The van der Waals surface area contributed by atoms with Crippen LogP contribution in [0.15, 0.2) is 66.7 Å². The molecule has 0 fully saturated rings. The van der Waals surface area contributed by atoms with Crippen LogP contribution in [0.5, 0.6) is 11.5 Å². The Balaban J connectivity index is 1.43. The molecule has 1 heterocycles. The second-order valence-corrected chi connectivity index (χ2v) is 8.13. The SMILES string of the molecule is COc1ccc(CC(=O)N2CCOc3ccc(COCc4cccc(F)c4)cc3[C@@H]2C)cc1. The van der Waals surface area contributed by atoms with E-state index in [9.17, 15) is 9.18 Å². The first-order valence-corrected chi connectivity index (χ1v) is 11.0. The minimum atomic E-state index is -0.272. The summed E-state index contributed by atoms with van der Waals surface area (Å²) >= 11 is 0. The number of methoxy groups -OCH3 is 1. The summed E-state index contributed by atoms with van der Waals surface area (Å²) in [5.41, 5.74) is 3.67. The Morgan fingerprint density at radius 1 is 1.03 bits per heavy atom. The zero-order valence-corrected chi connectivity index (χ0v) is 18.9. The number of benzene rings is 3. The largest absolute Gasteiger partial charge is 0.497 e. The number of halogens is 1. The van der Waals surface area contributed by atoms with E-state index in [2.05, 4.69) is 0 Å². The van der Waals surface area contributed by atoms with Crippen LogP contribution in [-0.4, -0.2) is 31.1 Å². The number of hydrogen-bond donors (Lipinski definition) is 0. The summed E-state index contributed by atoms with van der Waals surface area (Å²) in [4.78, 5) is 15.0. The zero-order valence-electron chi connectivity index (χ0n) is 18.9. The van der Waals surface area contributed by atoms with E-state index in [1.165, 1.54) is 12.1 Å². The molecule has 1 aliphatic heterocycles. The van der Waals surface area contributed by atoms with Crippen LogP contribution in [0.3, 0.4) is 0 Å². The van der Waals surface area contributed by atoms with Gasteiger partial charge in [-0.1, -0.05) is 30.3 Å². The molecule has 33 heavy (non-hydrogen) atoms. The smallest absolute Gasteiger partial charge is 0.227 e. The Morgan fingerprint density at radius 3 is 2.48 bits per heavy atom. The van der Waals surface area contributed by atoms with Crippen molar-refractivity contribution in [1.29, 1.82) is 0 Å². The van der Waals surface area contributed by atoms with Crippen LogP contribution < -0.4 is 9.47 Å². The third kappa shape index (κ3) is 5.71. The average Bonchev–Trinajstić information content (AvgIpc) is 2.98. The van der Waals surface area contributed by atoms with Gasteiger partial charge < -0.3 is 19.1 Å². The lowest BCUT2D eigenvalue weighted by molar-refractivity contribution is -0.132. The first-order chi connectivity index (χ1) is 16.0. The topological polar surface area (TPSA) is 48.0 Å². The molecule has 0 spiro atoms. The fraction of sp³-hybridized carbons (Fsp3) is 0.296. The molecule has 0 saturated carbocycles. The highest BCUT2D eigenvalue weighted by Crippen LogP contribution is 2.33. The van der Waals surface area contributed by atoms with Crippen LogP contribution in [0.1, 0.15) is 35.2 Å². The minimum absolute atomic E-state index is 0.0527. The van der Waals surface area contributed by atoms with Crippen LogP contribution >= 0.6 is 0 Å². The van der Waals surface area contributed by atoms with Gasteiger partial charge in [0.1, 0.15) is 23.9 Å². The molecule has 3 aromatic carbocycles. The van der Waals surface area contributed by atoms with Crippen molar-refractivity contribution < 1.29 is 23.4 Å². The molecular weight excluding hydrogens is 421 g/mol. The monoisotopic (exact) mass is 449 g/mol. The van der Waals surface area contributed by atoms with Crippen molar-refractivity contribution in [3.8, 4) is 11.5 Å². The molecule has 1 atom stereocenters. The minimum Gasteiger partial charge on any atom is -0.497 e. The molecule has 172 valence electrons. The molecule has 1 amide bonds. The van der Waals surface area contributed by atoms with E-state index in [0.29, 0.717) is 32.8 Å². The van der Waals surface area contributed by atoms with Gasteiger partial charge in [0, 0.05) is 5.56 Å². The van der Waals surface area contributed by atoms with Gasteiger partial charge >= 0.3 is 0 Å². The van der Waals surface area contributed by atoms with Crippen molar-refractivity contribution in [3.05, 3.63) is 94.8 Å². The van der Waals surface area contributed by atoms with Gasteiger partial charge in [-0.3, -0.25) is 4.79 Å². The van der Waals surface area contributed by atoms with Crippen LogP contribution in [0.25, 0.3) is 0 Å². The number of carbonyl (C=O) groups excluding carboxylic acids is 1. The quantitative estimate of drug-likeness (QED) is 0.505. The number of fused-ring (bicyclic) bond motifs is 1. The Kier molecular flexibility index (Phi) is 7.25. The number of hydrogen-bond acceptors (Lipinski definition) is 4. The van der Waals surface area contributed by atoms with Gasteiger partial charge in [0.2, 0.25) is 5.91 Å². The Labute approximate surface area is 193 Å². The number of carbonyl (C=O) groups is 1. The highest BCUT2D eigenvalue weighted by molar-refractivity contribution is 5.79. The Hall–Kier alpha value is -3.38. The van der Waals surface area contributed by atoms with Crippen molar-refractivity contribution in [3.63, 3.8) is 0 Å². The molecule has 0 unspecified atom stereocenters. The van der Waals surface area contributed by atoms with Gasteiger partial charge in [-0.15, -0.1) is 0 Å². The van der Waals surface area contributed by atoms with Crippen LogP contribution in [0, 0.1) is 5.82 Å². The Morgan fingerprint density at radius 2 is 1.76 bits per heavy atom. The van der Waals surface area contributed by atoms with E-state index in [1.807, 2.05) is 60.4 Å². The normalized spacial score (nSPS) is 15.4. The highest BCUT2D eigenvalue weighted by atomic mass is 19.1. The fourth-order valence-electron chi connectivity index (χ4n) is 4.03. The lowest BCUT2D eigenvalue weighted by Gasteiger charge is -2.27. The highest BCUT2D eigenvalue weighted by Gasteiger charge is 2.27. The van der Waals surface area contributed by atoms with Gasteiger partial charge in [0.05, 0.1) is 39.3 Å². The summed E-state index contributed by atoms with van der Waals surface area (Å²) in [5.74, 6) is 1.34. The van der Waals surface area contributed by atoms with Crippen molar-refractivity contribution in [1.82, 2.24) is 4.90 Å². The van der Waals surface area contributed by atoms with Crippen LogP contribution in [0.2, 0.25) is 0 Å². The molecule has 0 aliphatic carbocycles. The van der Waals surface area contributed by atoms with Gasteiger partial charge in [0.25, 0.3) is 0 Å². The van der Waals surface area contributed by atoms with Gasteiger partial charge in [0.15, 0.2) is 0 Å². The van der Waals surface area contributed by atoms with E-state index >= 15 is 0 Å². The summed E-state index contributed by atoms with van der Waals surface area (Å²) in [6, 6.07) is 19.8. The first kappa shape index (κ1) is 22.8. The van der Waals surface area contributed by atoms with Crippen molar-refractivity contribution in [2.45, 2.75) is 32.6 Å². The number of nitrogens with zero attached hydrogens (tertiary/aromatic N) is 1. The molecule has 0 radical (unpaired) electrons. The summed E-state index contributed by atoms with van der Waals surface area (Å²) in [6.45, 7) is 3.71.